The Labute approximate surface area is 163 Å². The number of carbonyl (C=O) groups is 1. The van der Waals surface area contributed by atoms with Crippen molar-refractivity contribution < 1.29 is 4.79 Å². The number of H-pyrrole nitrogens is 1. The fraction of sp³-hybridized carbons (Fsp3) is 0.318. The van der Waals surface area contributed by atoms with Crippen molar-refractivity contribution in [3.8, 4) is 0 Å². The standard InChI is InChI=1S/C22H25N5O/c1-14-7-6-8-18-17(13-23-22(14)18)11-15(2)24-21(28)12-16(3)27-20-10-5-4-9-19(20)25-26-27/h4-10,13,15-16,23H,11-12H2,1-3H3,(H,24,28)/t15-,16+/m1/s1. The van der Waals surface area contributed by atoms with Gasteiger partial charge in [0.1, 0.15) is 5.52 Å². The van der Waals surface area contributed by atoms with E-state index >= 15 is 0 Å². The van der Waals surface area contributed by atoms with Gasteiger partial charge in [0.2, 0.25) is 5.91 Å². The molecule has 1 amide bonds. The van der Waals surface area contributed by atoms with Crippen LogP contribution in [0.15, 0.2) is 48.7 Å². The summed E-state index contributed by atoms with van der Waals surface area (Å²) in [7, 11) is 0. The second-order valence-corrected chi connectivity index (χ2v) is 7.56. The number of rotatable bonds is 6. The van der Waals surface area contributed by atoms with E-state index in [0.717, 1.165) is 17.5 Å². The number of hydrogen-bond acceptors (Lipinski definition) is 3. The van der Waals surface area contributed by atoms with E-state index in [-0.39, 0.29) is 18.0 Å². The Morgan fingerprint density at radius 2 is 2.00 bits per heavy atom. The molecule has 0 unspecified atom stereocenters. The number of aromatic amines is 1. The predicted molar refractivity (Wildman–Crippen MR) is 111 cm³/mol. The van der Waals surface area contributed by atoms with Crippen molar-refractivity contribution in [1.82, 2.24) is 25.3 Å². The minimum atomic E-state index is -0.0599. The molecule has 2 heterocycles. The van der Waals surface area contributed by atoms with Gasteiger partial charge in [0.25, 0.3) is 0 Å². The molecule has 2 N–H and O–H groups in total. The van der Waals surface area contributed by atoms with Crippen LogP contribution in [0.2, 0.25) is 0 Å². The van der Waals surface area contributed by atoms with Crippen LogP contribution in [0, 0.1) is 6.92 Å². The van der Waals surface area contributed by atoms with Gasteiger partial charge in [-0.2, -0.15) is 0 Å². The van der Waals surface area contributed by atoms with Crippen molar-refractivity contribution in [2.75, 3.05) is 0 Å². The maximum absolute atomic E-state index is 12.6. The first-order valence-electron chi connectivity index (χ1n) is 9.68. The Bertz CT molecular complexity index is 1130. The van der Waals surface area contributed by atoms with Crippen LogP contribution in [0.4, 0.5) is 0 Å². The van der Waals surface area contributed by atoms with E-state index in [0.29, 0.717) is 6.42 Å². The summed E-state index contributed by atoms with van der Waals surface area (Å²) >= 11 is 0. The average Bonchev–Trinajstić information content (AvgIpc) is 3.27. The van der Waals surface area contributed by atoms with Gasteiger partial charge < -0.3 is 10.3 Å². The molecule has 2 aromatic carbocycles. The minimum Gasteiger partial charge on any atom is -0.361 e. The first kappa shape index (κ1) is 18.2. The highest BCUT2D eigenvalue weighted by atomic mass is 16.1. The highest BCUT2D eigenvalue weighted by Gasteiger charge is 2.17. The number of para-hydroxylation sites is 2. The van der Waals surface area contributed by atoms with Crippen molar-refractivity contribution >= 4 is 27.8 Å². The maximum atomic E-state index is 12.6. The molecule has 6 nitrogen and oxygen atoms in total. The Hall–Kier alpha value is -3.15. The average molecular weight is 375 g/mol. The number of nitrogens with one attached hydrogen (secondary N) is 2. The van der Waals surface area contributed by atoms with Gasteiger partial charge in [0.15, 0.2) is 0 Å². The zero-order valence-corrected chi connectivity index (χ0v) is 16.4. The molecular formula is C22H25N5O. The molecular weight excluding hydrogens is 350 g/mol. The molecule has 0 saturated heterocycles. The Balaban J connectivity index is 1.39. The molecule has 0 aliphatic carbocycles. The van der Waals surface area contributed by atoms with Crippen LogP contribution < -0.4 is 5.32 Å². The monoisotopic (exact) mass is 375 g/mol. The first-order chi connectivity index (χ1) is 13.5. The zero-order valence-electron chi connectivity index (χ0n) is 16.4. The molecule has 2 atom stereocenters. The number of fused-ring (bicyclic) bond motifs is 2. The quantitative estimate of drug-likeness (QED) is 0.536. The Morgan fingerprint density at radius 3 is 2.86 bits per heavy atom. The van der Waals surface area contributed by atoms with Gasteiger partial charge >= 0.3 is 0 Å². The summed E-state index contributed by atoms with van der Waals surface area (Å²) in [5, 5.41) is 12.7. The van der Waals surface area contributed by atoms with E-state index in [1.165, 1.54) is 22.0 Å². The van der Waals surface area contributed by atoms with Crippen LogP contribution >= 0.6 is 0 Å². The SMILES string of the molecule is Cc1cccc2c(C[C@@H](C)NC(=O)C[C@H](C)n3nnc4ccccc43)c[nH]c12. The van der Waals surface area contributed by atoms with Crippen molar-refractivity contribution in [3.63, 3.8) is 0 Å². The van der Waals surface area contributed by atoms with E-state index in [2.05, 4.69) is 45.7 Å². The van der Waals surface area contributed by atoms with Gasteiger partial charge in [-0.05, 0) is 50.5 Å². The predicted octanol–water partition coefficient (Wildman–Crippen LogP) is 3.92. The molecule has 4 aromatic rings. The van der Waals surface area contributed by atoms with Crippen molar-refractivity contribution in [2.24, 2.45) is 0 Å². The lowest BCUT2D eigenvalue weighted by Gasteiger charge is -2.16. The molecule has 0 bridgehead atoms. The van der Waals surface area contributed by atoms with Crippen molar-refractivity contribution in [2.45, 2.75) is 45.7 Å². The third kappa shape index (κ3) is 3.50. The lowest BCUT2D eigenvalue weighted by molar-refractivity contribution is -0.122. The molecule has 6 heteroatoms. The Morgan fingerprint density at radius 1 is 1.18 bits per heavy atom. The van der Waals surface area contributed by atoms with Gasteiger partial charge in [0.05, 0.1) is 11.6 Å². The molecule has 4 rings (SSSR count). The summed E-state index contributed by atoms with van der Waals surface area (Å²) in [5.74, 6) is 0.0237. The van der Waals surface area contributed by atoms with Crippen LogP contribution in [-0.2, 0) is 11.2 Å². The van der Waals surface area contributed by atoms with Gasteiger partial charge in [-0.1, -0.05) is 35.5 Å². The van der Waals surface area contributed by atoms with Crippen LogP contribution in [0.5, 0.6) is 0 Å². The topological polar surface area (TPSA) is 75.6 Å². The molecule has 0 aliphatic rings. The van der Waals surface area contributed by atoms with E-state index in [9.17, 15) is 4.79 Å². The fourth-order valence-electron chi connectivity index (χ4n) is 3.81. The van der Waals surface area contributed by atoms with Gasteiger partial charge in [0, 0.05) is 29.6 Å². The number of benzene rings is 2. The van der Waals surface area contributed by atoms with Crippen LogP contribution in [0.3, 0.4) is 0 Å². The molecule has 0 spiro atoms. The summed E-state index contributed by atoms with van der Waals surface area (Å²) < 4.78 is 1.82. The summed E-state index contributed by atoms with van der Waals surface area (Å²) in [5.41, 5.74) is 5.42. The van der Waals surface area contributed by atoms with Crippen molar-refractivity contribution in [1.29, 1.82) is 0 Å². The molecule has 0 fully saturated rings. The number of amides is 1. The number of carbonyl (C=O) groups excluding carboxylic acids is 1. The van der Waals surface area contributed by atoms with Gasteiger partial charge in [-0.3, -0.25) is 4.79 Å². The van der Waals surface area contributed by atoms with E-state index < -0.39 is 0 Å². The van der Waals surface area contributed by atoms with E-state index in [1.54, 1.807) is 0 Å². The van der Waals surface area contributed by atoms with Crippen LogP contribution in [0.25, 0.3) is 21.9 Å². The first-order valence-corrected chi connectivity index (χ1v) is 9.68. The van der Waals surface area contributed by atoms with E-state index in [1.807, 2.05) is 49.0 Å². The number of hydrogen-bond donors (Lipinski definition) is 2. The number of aromatic nitrogens is 4. The zero-order chi connectivity index (χ0) is 19.7. The minimum absolute atomic E-state index is 0.0237. The summed E-state index contributed by atoms with van der Waals surface area (Å²) in [4.78, 5) is 15.9. The van der Waals surface area contributed by atoms with E-state index in [4.69, 9.17) is 0 Å². The largest absolute Gasteiger partial charge is 0.361 e. The normalized spacial score (nSPS) is 13.7. The lowest BCUT2D eigenvalue weighted by Crippen LogP contribution is -2.35. The third-order valence-corrected chi connectivity index (χ3v) is 5.22. The second kappa shape index (κ2) is 7.46. The van der Waals surface area contributed by atoms with Crippen LogP contribution in [-0.4, -0.2) is 31.9 Å². The van der Waals surface area contributed by atoms with Gasteiger partial charge in [-0.15, -0.1) is 5.10 Å². The molecule has 2 aromatic heterocycles. The molecule has 0 saturated carbocycles. The maximum Gasteiger partial charge on any atom is 0.222 e. The summed E-state index contributed by atoms with van der Waals surface area (Å²) in [6.45, 7) is 6.14. The summed E-state index contributed by atoms with van der Waals surface area (Å²) in [6, 6.07) is 14.1. The Kier molecular flexibility index (Phi) is 4.86. The molecule has 28 heavy (non-hydrogen) atoms. The fourth-order valence-corrected chi connectivity index (χ4v) is 3.81. The third-order valence-electron chi connectivity index (χ3n) is 5.22. The highest BCUT2D eigenvalue weighted by Crippen LogP contribution is 2.22. The van der Waals surface area contributed by atoms with Gasteiger partial charge in [-0.25, -0.2) is 4.68 Å². The summed E-state index contributed by atoms with van der Waals surface area (Å²) in [6.07, 6.45) is 3.20. The smallest absolute Gasteiger partial charge is 0.222 e. The highest BCUT2D eigenvalue weighted by molar-refractivity contribution is 5.86. The number of nitrogens with zero attached hydrogens (tertiary/aromatic N) is 3. The second-order valence-electron chi connectivity index (χ2n) is 7.56. The van der Waals surface area contributed by atoms with Crippen LogP contribution in [0.1, 0.15) is 37.4 Å². The molecule has 144 valence electrons. The van der Waals surface area contributed by atoms with Crippen molar-refractivity contribution in [3.05, 3.63) is 59.8 Å². The molecule has 0 radical (unpaired) electrons. The lowest BCUT2D eigenvalue weighted by atomic mass is 10.0. The number of aryl methyl sites for hydroxylation is 1. The molecule has 0 aliphatic heterocycles.